The van der Waals surface area contributed by atoms with Gasteiger partial charge < -0.3 is 19.0 Å². The predicted molar refractivity (Wildman–Crippen MR) is 94.1 cm³/mol. The van der Waals surface area contributed by atoms with E-state index in [1.807, 2.05) is 0 Å². The first-order chi connectivity index (χ1) is 12.7. The molecule has 1 aliphatic rings. The maximum Gasteiger partial charge on any atom is 0.213 e. The molecule has 1 N–H and O–H groups in total. The van der Waals surface area contributed by atoms with Gasteiger partial charge >= 0.3 is 0 Å². The topological polar surface area (TPSA) is 82.5 Å². The van der Waals surface area contributed by atoms with Gasteiger partial charge in [-0.25, -0.2) is 9.97 Å². The molecule has 8 heteroatoms. The number of rotatable bonds is 3. The lowest BCUT2D eigenvalue weighted by molar-refractivity contribution is 0.394. The Morgan fingerprint density at radius 2 is 2.08 bits per heavy atom. The average molecular weight is 370 g/mol. The normalized spacial score (nSPS) is 12.1. The molecule has 26 heavy (non-hydrogen) atoms. The zero-order valence-electron chi connectivity index (χ0n) is 13.6. The van der Waals surface area contributed by atoms with E-state index in [2.05, 4.69) is 9.97 Å². The van der Waals surface area contributed by atoms with Crippen molar-refractivity contribution in [2.45, 2.75) is 6.54 Å². The third-order valence-electron chi connectivity index (χ3n) is 4.32. The van der Waals surface area contributed by atoms with Crippen molar-refractivity contribution in [1.82, 2.24) is 14.5 Å². The summed E-state index contributed by atoms with van der Waals surface area (Å²) in [7, 11) is 1.54. The van der Waals surface area contributed by atoms with E-state index in [0.717, 1.165) is 0 Å². The van der Waals surface area contributed by atoms with Crippen molar-refractivity contribution in [3.63, 3.8) is 0 Å². The number of hydrogen-bond acceptors (Lipinski definition) is 6. The Hall–Kier alpha value is -3.19. The first-order valence-electron chi connectivity index (χ1n) is 7.83. The largest absolute Gasteiger partial charge is 0.494 e. The number of ether oxygens (including phenoxy) is 2. The molecule has 0 amide bonds. The fourth-order valence-electron chi connectivity index (χ4n) is 3.19. The molecule has 0 saturated carbocycles. The van der Waals surface area contributed by atoms with Crippen molar-refractivity contribution in [1.29, 1.82) is 0 Å². The predicted octanol–water partition coefficient (Wildman–Crippen LogP) is 4.21. The summed E-state index contributed by atoms with van der Waals surface area (Å²) in [5, 5.41) is 11.9. The van der Waals surface area contributed by atoms with Gasteiger partial charge in [-0.3, -0.25) is 4.57 Å². The van der Waals surface area contributed by atoms with E-state index >= 15 is 0 Å². The van der Waals surface area contributed by atoms with Crippen LogP contribution in [0.2, 0.25) is 5.22 Å². The lowest BCUT2D eigenvalue weighted by atomic mass is 10.1. The smallest absolute Gasteiger partial charge is 0.213 e. The molecule has 0 unspecified atom stereocenters. The zero-order chi connectivity index (χ0) is 17.8. The first-order valence-corrected chi connectivity index (χ1v) is 8.21. The van der Waals surface area contributed by atoms with Gasteiger partial charge in [0.1, 0.15) is 22.9 Å². The highest BCUT2D eigenvalue weighted by molar-refractivity contribution is 6.28. The van der Waals surface area contributed by atoms with Crippen LogP contribution in [-0.2, 0) is 6.54 Å². The molecule has 0 saturated heterocycles. The highest BCUT2D eigenvalue weighted by atomic mass is 35.5. The lowest BCUT2D eigenvalue weighted by Crippen LogP contribution is -1.99. The van der Waals surface area contributed by atoms with E-state index < -0.39 is 0 Å². The monoisotopic (exact) mass is 369 g/mol. The molecule has 5 rings (SSSR count). The minimum atomic E-state index is 0.0257. The van der Waals surface area contributed by atoms with Gasteiger partial charge in [0, 0.05) is 12.3 Å². The molecule has 4 aromatic heterocycles. The third-order valence-corrected chi connectivity index (χ3v) is 4.52. The van der Waals surface area contributed by atoms with E-state index in [-0.39, 0.29) is 17.6 Å². The van der Waals surface area contributed by atoms with Gasteiger partial charge in [-0.2, -0.15) is 0 Å². The molecule has 0 aliphatic carbocycles. The zero-order valence-corrected chi connectivity index (χ0v) is 14.3. The summed E-state index contributed by atoms with van der Waals surface area (Å²) in [5.74, 6) is 2.20. The van der Waals surface area contributed by atoms with E-state index in [1.54, 1.807) is 41.1 Å². The van der Waals surface area contributed by atoms with Crippen LogP contribution >= 0.6 is 11.6 Å². The number of pyridine rings is 2. The van der Waals surface area contributed by atoms with Crippen molar-refractivity contribution in [3.8, 4) is 34.5 Å². The number of furan rings is 1. The Morgan fingerprint density at radius 3 is 2.85 bits per heavy atom. The van der Waals surface area contributed by atoms with Gasteiger partial charge in [0.05, 0.1) is 24.6 Å². The van der Waals surface area contributed by atoms with Gasteiger partial charge in [0.25, 0.3) is 0 Å². The summed E-state index contributed by atoms with van der Waals surface area (Å²) < 4.78 is 18.2. The number of nitrogens with zero attached hydrogens (tertiary/aromatic N) is 3. The third kappa shape index (κ3) is 2.07. The number of methoxy groups -OCH3 is 1. The molecule has 1 aliphatic heterocycles. The Bertz CT molecular complexity index is 1160. The van der Waals surface area contributed by atoms with Gasteiger partial charge in [-0.1, -0.05) is 0 Å². The van der Waals surface area contributed by atoms with Crippen LogP contribution in [-0.4, -0.2) is 26.8 Å². The molecule has 0 atom stereocenters. The second kappa shape index (κ2) is 5.40. The second-order valence-electron chi connectivity index (χ2n) is 5.80. The highest BCUT2D eigenvalue weighted by Crippen LogP contribution is 2.50. The van der Waals surface area contributed by atoms with Crippen molar-refractivity contribution >= 4 is 22.6 Å². The van der Waals surface area contributed by atoms with Gasteiger partial charge in [-0.15, -0.1) is 0 Å². The molecule has 0 aromatic carbocycles. The molecular formula is C18H12ClN3O4. The molecule has 7 nitrogen and oxygen atoms in total. The Labute approximate surface area is 152 Å². The van der Waals surface area contributed by atoms with Crippen LogP contribution in [0.4, 0.5) is 0 Å². The van der Waals surface area contributed by atoms with Crippen LogP contribution in [0.25, 0.3) is 22.3 Å². The van der Waals surface area contributed by atoms with Crippen molar-refractivity contribution in [2.24, 2.45) is 0 Å². The summed E-state index contributed by atoms with van der Waals surface area (Å²) in [5.41, 5.74) is 1.63. The standard InChI is InChI=1S/C18H12ClN3O4/c1-24-13-5-3-11-16(21-13)15-14-10(26-11)6-7-20-17(14)22(18(15)23)8-9-2-4-12(19)25-9/h2-7,23H,8H2,1H3. The molecule has 130 valence electrons. The van der Waals surface area contributed by atoms with Crippen LogP contribution in [0.1, 0.15) is 5.76 Å². The average Bonchev–Trinajstić information content (AvgIpc) is 3.19. The molecule has 0 bridgehead atoms. The van der Waals surface area contributed by atoms with Crippen LogP contribution in [0.3, 0.4) is 0 Å². The summed E-state index contributed by atoms with van der Waals surface area (Å²) in [6.45, 7) is 0.269. The maximum atomic E-state index is 11.0. The Balaban J connectivity index is 1.78. The van der Waals surface area contributed by atoms with Crippen molar-refractivity contribution in [3.05, 3.63) is 47.5 Å². The van der Waals surface area contributed by atoms with E-state index in [1.165, 1.54) is 7.11 Å². The molecule has 0 spiro atoms. The summed E-state index contributed by atoms with van der Waals surface area (Å²) in [6, 6.07) is 8.64. The Kier molecular flexibility index (Phi) is 3.14. The first kappa shape index (κ1) is 15.1. The number of aromatic hydroxyl groups is 1. The van der Waals surface area contributed by atoms with Crippen LogP contribution in [0.15, 0.2) is 40.9 Å². The maximum absolute atomic E-state index is 11.0. The van der Waals surface area contributed by atoms with Gasteiger partial charge in [0.2, 0.25) is 11.8 Å². The highest BCUT2D eigenvalue weighted by Gasteiger charge is 2.30. The van der Waals surface area contributed by atoms with E-state index in [4.69, 9.17) is 25.5 Å². The van der Waals surface area contributed by atoms with E-state index in [0.29, 0.717) is 45.4 Å². The number of fused-ring (bicyclic) bond motifs is 2. The minimum absolute atomic E-state index is 0.0257. The van der Waals surface area contributed by atoms with E-state index in [9.17, 15) is 5.11 Å². The lowest BCUT2D eigenvalue weighted by Gasteiger charge is -2.17. The summed E-state index contributed by atoms with van der Waals surface area (Å²) in [4.78, 5) is 8.86. The quantitative estimate of drug-likeness (QED) is 0.513. The number of hydrogen-bond donors (Lipinski definition) is 1. The Morgan fingerprint density at radius 1 is 1.19 bits per heavy atom. The molecular weight excluding hydrogens is 358 g/mol. The summed E-state index contributed by atoms with van der Waals surface area (Å²) >= 11 is 5.85. The molecule has 4 aromatic rings. The number of halogens is 1. The molecule has 5 heterocycles. The molecule has 0 radical (unpaired) electrons. The summed E-state index contributed by atoms with van der Waals surface area (Å²) in [6.07, 6.45) is 1.63. The van der Waals surface area contributed by atoms with Gasteiger partial charge in [0.15, 0.2) is 11.0 Å². The van der Waals surface area contributed by atoms with Gasteiger partial charge in [-0.05, 0) is 35.9 Å². The van der Waals surface area contributed by atoms with Crippen molar-refractivity contribution < 1.29 is 19.0 Å². The van der Waals surface area contributed by atoms with Crippen LogP contribution < -0.4 is 9.47 Å². The van der Waals surface area contributed by atoms with Crippen LogP contribution in [0, 0.1) is 0 Å². The minimum Gasteiger partial charge on any atom is -0.494 e. The second-order valence-corrected chi connectivity index (χ2v) is 6.17. The SMILES string of the molecule is COc1ccc2c(n1)-c1c(O)n(Cc3ccc(Cl)o3)c3nccc(c13)O2. The van der Waals surface area contributed by atoms with Crippen LogP contribution in [0.5, 0.6) is 23.3 Å². The fourth-order valence-corrected chi connectivity index (χ4v) is 3.36. The fraction of sp³-hybridized carbons (Fsp3) is 0.111. The molecule has 0 fully saturated rings. The van der Waals surface area contributed by atoms with Crippen molar-refractivity contribution in [2.75, 3.05) is 7.11 Å². The number of aromatic nitrogens is 3.